The van der Waals surface area contributed by atoms with E-state index >= 15 is 0 Å². The van der Waals surface area contributed by atoms with Crippen LogP contribution in [0.3, 0.4) is 0 Å². The van der Waals surface area contributed by atoms with Crippen LogP contribution in [0, 0.1) is 0 Å². The van der Waals surface area contributed by atoms with Crippen LogP contribution in [0.4, 0.5) is 0 Å². The maximum absolute atomic E-state index is 12.6. The van der Waals surface area contributed by atoms with Crippen LogP contribution < -0.4 is 14.8 Å². The number of nitrogens with zero attached hydrogens (tertiary/aromatic N) is 3. The first-order valence-electron chi connectivity index (χ1n) is 8.63. The number of halogens is 1. The first-order chi connectivity index (χ1) is 12.9. The second kappa shape index (κ2) is 9.55. The maximum atomic E-state index is 12.6. The van der Waals surface area contributed by atoms with Gasteiger partial charge in [-0.25, -0.2) is 8.42 Å². The molecule has 1 aromatic carbocycles. The lowest BCUT2D eigenvalue weighted by molar-refractivity contribution is 0.190. The Morgan fingerprint density at radius 2 is 2.04 bits per heavy atom. The number of sulfone groups is 1. The summed E-state index contributed by atoms with van der Waals surface area (Å²) in [6.07, 6.45) is 0.146. The zero-order valence-electron chi connectivity index (χ0n) is 16.0. The van der Waals surface area contributed by atoms with Gasteiger partial charge in [0.05, 0.1) is 30.9 Å². The van der Waals surface area contributed by atoms with Gasteiger partial charge in [-0.05, 0) is 19.2 Å². The molecular formula is C17H25ClN4O5S. The predicted molar refractivity (Wildman–Crippen MR) is 105 cm³/mol. The number of ether oxygens (including phenoxy) is 2. The Hall–Kier alpha value is -1.88. The monoisotopic (exact) mass is 432 g/mol. The summed E-state index contributed by atoms with van der Waals surface area (Å²) in [5.74, 6) is 1.59. The molecule has 1 aliphatic rings. The van der Waals surface area contributed by atoms with E-state index in [1.807, 2.05) is 7.05 Å². The topological polar surface area (TPSA) is 107 Å². The van der Waals surface area contributed by atoms with E-state index in [9.17, 15) is 8.42 Å². The van der Waals surface area contributed by atoms with Crippen molar-refractivity contribution in [2.24, 2.45) is 0 Å². The van der Waals surface area contributed by atoms with Crippen LogP contribution in [-0.4, -0.2) is 70.1 Å². The molecule has 28 heavy (non-hydrogen) atoms. The molecule has 156 valence electrons. The van der Waals surface area contributed by atoms with E-state index in [-0.39, 0.29) is 35.5 Å². The molecule has 1 unspecified atom stereocenters. The Balaban J connectivity index is 0.00000280. The fourth-order valence-corrected chi connectivity index (χ4v) is 4.19. The van der Waals surface area contributed by atoms with Crippen LogP contribution in [0.1, 0.15) is 17.8 Å². The van der Waals surface area contributed by atoms with Crippen molar-refractivity contribution in [2.75, 3.05) is 46.7 Å². The van der Waals surface area contributed by atoms with Crippen molar-refractivity contribution in [2.45, 2.75) is 17.4 Å². The Morgan fingerprint density at radius 1 is 1.29 bits per heavy atom. The highest BCUT2D eigenvalue weighted by molar-refractivity contribution is 7.91. The van der Waals surface area contributed by atoms with Gasteiger partial charge in [0.1, 0.15) is 0 Å². The first-order valence-corrected chi connectivity index (χ1v) is 10.3. The van der Waals surface area contributed by atoms with E-state index in [2.05, 4.69) is 20.4 Å². The van der Waals surface area contributed by atoms with Crippen LogP contribution in [0.5, 0.6) is 11.5 Å². The van der Waals surface area contributed by atoms with E-state index in [0.717, 1.165) is 19.6 Å². The molecule has 1 saturated heterocycles. The van der Waals surface area contributed by atoms with E-state index in [0.29, 0.717) is 23.2 Å². The van der Waals surface area contributed by atoms with Crippen LogP contribution in [0.2, 0.25) is 0 Å². The zero-order valence-corrected chi connectivity index (χ0v) is 17.7. The summed E-state index contributed by atoms with van der Waals surface area (Å²) >= 11 is 0. The number of benzene rings is 1. The number of rotatable bonds is 7. The summed E-state index contributed by atoms with van der Waals surface area (Å²) in [5.41, 5.74) is 0. The number of hydrogen-bond donors (Lipinski definition) is 1. The van der Waals surface area contributed by atoms with Gasteiger partial charge < -0.3 is 19.3 Å². The third kappa shape index (κ3) is 4.93. The highest BCUT2D eigenvalue weighted by Gasteiger charge is 2.26. The van der Waals surface area contributed by atoms with E-state index in [4.69, 9.17) is 14.0 Å². The molecule has 0 bridgehead atoms. The van der Waals surface area contributed by atoms with Crippen molar-refractivity contribution in [3.05, 3.63) is 29.9 Å². The molecule has 0 amide bonds. The largest absolute Gasteiger partial charge is 0.493 e. The highest BCUT2D eigenvalue weighted by Crippen LogP contribution is 2.30. The first kappa shape index (κ1) is 22.4. The van der Waals surface area contributed by atoms with Crippen molar-refractivity contribution < 1.29 is 22.4 Å². The number of aryl methyl sites for hydroxylation is 1. The minimum Gasteiger partial charge on any atom is -0.493 e. The third-order valence-corrected chi connectivity index (χ3v) is 6.31. The lowest BCUT2D eigenvalue weighted by Gasteiger charge is -2.30. The van der Waals surface area contributed by atoms with Crippen molar-refractivity contribution in [1.29, 1.82) is 0 Å². The number of methoxy groups -OCH3 is 2. The van der Waals surface area contributed by atoms with Gasteiger partial charge in [-0.1, -0.05) is 5.16 Å². The van der Waals surface area contributed by atoms with Gasteiger partial charge in [0.2, 0.25) is 5.89 Å². The lowest BCUT2D eigenvalue weighted by atomic mass is 10.2. The second-order valence-electron chi connectivity index (χ2n) is 6.33. The van der Waals surface area contributed by atoms with Crippen LogP contribution in [-0.2, 0) is 16.3 Å². The van der Waals surface area contributed by atoms with Crippen molar-refractivity contribution in [3.63, 3.8) is 0 Å². The molecule has 0 saturated carbocycles. The molecule has 9 nitrogen and oxygen atoms in total. The molecule has 0 aliphatic carbocycles. The fraction of sp³-hybridized carbons (Fsp3) is 0.529. The summed E-state index contributed by atoms with van der Waals surface area (Å²) in [4.78, 5) is 6.68. The molecule has 0 radical (unpaired) electrons. The van der Waals surface area contributed by atoms with E-state index in [1.54, 1.807) is 6.07 Å². The van der Waals surface area contributed by atoms with Crippen LogP contribution >= 0.6 is 12.4 Å². The fourth-order valence-electron chi connectivity index (χ4n) is 2.95. The summed E-state index contributed by atoms with van der Waals surface area (Å²) < 4.78 is 40.8. The average molecular weight is 433 g/mol. The summed E-state index contributed by atoms with van der Waals surface area (Å²) in [6.45, 7) is 2.54. The van der Waals surface area contributed by atoms with Gasteiger partial charge in [-0.2, -0.15) is 4.98 Å². The highest BCUT2D eigenvalue weighted by atomic mass is 35.5. The molecule has 3 rings (SSSR count). The quantitative estimate of drug-likeness (QED) is 0.688. The Labute approximate surface area is 170 Å². The number of piperazine rings is 1. The number of likely N-dealkylation sites (N-methyl/N-ethyl adjacent to an activating group) is 1. The lowest BCUT2D eigenvalue weighted by Crippen LogP contribution is -2.44. The SMILES string of the molecule is COc1ccc(S(=O)(=O)CCc2nc(C3CNCCN3C)no2)cc1OC.Cl. The Morgan fingerprint density at radius 3 is 2.71 bits per heavy atom. The van der Waals surface area contributed by atoms with Crippen LogP contribution in [0.25, 0.3) is 0 Å². The molecular weight excluding hydrogens is 408 g/mol. The summed E-state index contributed by atoms with van der Waals surface area (Å²) in [6, 6.07) is 4.55. The summed E-state index contributed by atoms with van der Waals surface area (Å²) in [5, 5.41) is 7.30. The molecule has 2 aromatic rings. The van der Waals surface area contributed by atoms with Gasteiger partial charge in [0.15, 0.2) is 27.2 Å². The minimum atomic E-state index is -3.53. The zero-order chi connectivity index (χ0) is 19.4. The number of hydrogen-bond acceptors (Lipinski definition) is 9. The third-order valence-electron chi connectivity index (χ3n) is 4.59. The van der Waals surface area contributed by atoms with Crippen molar-refractivity contribution in [1.82, 2.24) is 20.4 Å². The number of nitrogens with one attached hydrogen (secondary N) is 1. The Kier molecular flexibility index (Phi) is 7.64. The second-order valence-corrected chi connectivity index (χ2v) is 8.44. The van der Waals surface area contributed by atoms with Crippen molar-refractivity contribution >= 4 is 22.2 Å². The molecule has 0 spiro atoms. The van der Waals surface area contributed by atoms with Crippen LogP contribution in [0.15, 0.2) is 27.6 Å². The van der Waals surface area contributed by atoms with E-state index in [1.165, 1.54) is 26.4 Å². The van der Waals surface area contributed by atoms with Gasteiger partial charge >= 0.3 is 0 Å². The van der Waals surface area contributed by atoms with E-state index < -0.39 is 9.84 Å². The number of aromatic nitrogens is 2. The van der Waals surface area contributed by atoms with Gasteiger partial charge in [-0.3, -0.25) is 4.90 Å². The molecule has 1 N–H and O–H groups in total. The van der Waals surface area contributed by atoms with Gasteiger partial charge in [0.25, 0.3) is 0 Å². The Bertz CT molecular complexity index is 889. The molecule has 2 heterocycles. The molecule has 1 atom stereocenters. The molecule has 1 aliphatic heterocycles. The smallest absolute Gasteiger partial charge is 0.227 e. The van der Waals surface area contributed by atoms with Crippen molar-refractivity contribution in [3.8, 4) is 11.5 Å². The van der Waals surface area contributed by atoms with Gasteiger partial charge in [0, 0.05) is 32.1 Å². The molecule has 1 aromatic heterocycles. The normalized spacial score (nSPS) is 17.8. The molecule has 11 heteroatoms. The predicted octanol–water partition coefficient (Wildman–Crippen LogP) is 1.10. The molecule has 1 fully saturated rings. The standard InChI is InChI=1S/C17H24N4O5S.ClH/c1-21-8-7-18-11-13(21)17-19-16(26-20-17)6-9-27(22,23)12-4-5-14(24-2)15(10-12)25-3;/h4-5,10,13,18H,6-9,11H2,1-3H3;1H. The summed E-state index contributed by atoms with van der Waals surface area (Å²) in [7, 11) is 1.44. The average Bonchev–Trinajstić information content (AvgIpc) is 3.15. The van der Waals surface area contributed by atoms with Gasteiger partial charge in [-0.15, -0.1) is 12.4 Å². The minimum absolute atomic E-state index is 0. The maximum Gasteiger partial charge on any atom is 0.227 e.